The van der Waals surface area contributed by atoms with Crippen LogP contribution in [0.15, 0.2) is 51.7 Å². The topological polar surface area (TPSA) is 30.2 Å². The fraction of sp³-hybridized carbons (Fsp3) is 0.0714. The maximum absolute atomic E-state index is 11.7. The van der Waals surface area contributed by atoms with Gasteiger partial charge in [-0.2, -0.15) is 0 Å². The van der Waals surface area contributed by atoms with Gasteiger partial charge in [-0.05, 0) is 30.7 Å². The van der Waals surface area contributed by atoms with E-state index in [1.807, 2.05) is 37.3 Å². The van der Waals surface area contributed by atoms with Gasteiger partial charge in [0.15, 0.2) is 5.43 Å². The number of hydrogen-bond acceptors (Lipinski definition) is 2. The van der Waals surface area contributed by atoms with E-state index in [1.165, 1.54) is 0 Å². The van der Waals surface area contributed by atoms with Gasteiger partial charge < -0.3 is 4.42 Å². The molecular formula is C14H10O2. The minimum atomic E-state index is 0.00935. The Morgan fingerprint density at radius 2 is 1.88 bits per heavy atom. The van der Waals surface area contributed by atoms with Crippen LogP contribution in [0.4, 0.5) is 0 Å². The zero-order chi connectivity index (χ0) is 11.1. The number of hydrogen-bond donors (Lipinski definition) is 0. The molecule has 1 aromatic rings. The molecule has 0 amide bonds. The fourth-order valence-corrected chi connectivity index (χ4v) is 1.92. The third-order valence-corrected chi connectivity index (χ3v) is 2.78. The van der Waals surface area contributed by atoms with Gasteiger partial charge in [-0.25, -0.2) is 0 Å². The Bertz CT molecular complexity index is 695. The van der Waals surface area contributed by atoms with E-state index in [2.05, 4.69) is 0 Å². The Hall–Kier alpha value is -2.09. The molecule has 16 heavy (non-hydrogen) atoms. The van der Waals surface area contributed by atoms with Gasteiger partial charge in [-0.15, -0.1) is 0 Å². The first-order valence-electron chi connectivity index (χ1n) is 5.18. The molecule has 1 aromatic carbocycles. The summed E-state index contributed by atoms with van der Waals surface area (Å²) < 4.78 is 5.76. The average molecular weight is 210 g/mol. The van der Waals surface area contributed by atoms with Gasteiger partial charge in [0, 0.05) is 5.39 Å². The number of para-hydroxylation sites is 1. The van der Waals surface area contributed by atoms with Crippen molar-refractivity contribution in [2.75, 3.05) is 0 Å². The molecule has 0 radical (unpaired) electrons. The van der Waals surface area contributed by atoms with Crippen LogP contribution in [-0.2, 0) is 0 Å². The monoisotopic (exact) mass is 210 g/mol. The number of rotatable bonds is 0. The van der Waals surface area contributed by atoms with Gasteiger partial charge in [-0.1, -0.05) is 24.3 Å². The van der Waals surface area contributed by atoms with Crippen LogP contribution >= 0.6 is 0 Å². The zero-order valence-corrected chi connectivity index (χ0v) is 8.86. The van der Waals surface area contributed by atoms with Crippen LogP contribution < -0.4 is 5.43 Å². The van der Waals surface area contributed by atoms with E-state index in [-0.39, 0.29) is 5.43 Å². The van der Waals surface area contributed by atoms with Crippen LogP contribution in [-0.4, -0.2) is 0 Å². The lowest BCUT2D eigenvalue weighted by atomic mass is 10.0. The van der Waals surface area contributed by atoms with Crippen molar-refractivity contribution in [1.29, 1.82) is 0 Å². The van der Waals surface area contributed by atoms with Crippen molar-refractivity contribution in [3.05, 3.63) is 58.3 Å². The Kier molecular flexibility index (Phi) is 1.83. The Balaban J connectivity index is 2.56. The molecule has 2 heteroatoms. The number of benzene rings is 2. The second-order valence-electron chi connectivity index (χ2n) is 3.91. The van der Waals surface area contributed by atoms with Crippen molar-refractivity contribution in [2.24, 2.45) is 0 Å². The summed E-state index contributed by atoms with van der Waals surface area (Å²) in [5.41, 5.74) is 2.46. The van der Waals surface area contributed by atoms with Gasteiger partial charge in [-0.3, -0.25) is 4.79 Å². The third-order valence-electron chi connectivity index (χ3n) is 2.78. The normalized spacial score (nSPS) is 11.1. The highest BCUT2D eigenvalue weighted by Gasteiger charge is 2.12. The summed E-state index contributed by atoms with van der Waals surface area (Å²) in [5, 5.41) is 0.956. The van der Waals surface area contributed by atoms with Crippen molar-refractivity contribution in [2.45, 2.75) is 6.92 Å². The van der Waals surface area contributed by atoms with Crippen molar-refractivity contribution >= 4 is 11.0 Å². The first-order valence-corrected chi connectivity index (χ1v) is 5.18. The lowest BCUT2D eigenvalue weighted by Crippen LogP contribution is -2.04. The molecule has 3 rings (SSSR count). The molecule has 0 spiro atoms. The molecule has 0 N–H and O–H groups in total. The van der Waals surface area contributed by atoms with E-state index in [0.717, 1.165) is 16.5 Å². The van der Waals surface area contributed by atoms with Crippen LogP contribution in [0.1, 0.15) is 5.56 Å². The maximum atomic E-state index is 11.7. The van der Waals surface area contributed by atoms with Gasteiger partial charge in [0.1, 0.15) is 11.3 Å². The van der Waals surface area contributed by atoms with E-state index in [9.17, 15) is 4.79 Å². The van der Waals surface area contributed by atoms with Crippen LogP contribution in [0.2, 0.25) is 0 Å². The highest BCUT2D eigenvalue weighted by atomic mass is 16.3. The quantitative estimate of drug-likeness (QED) is 0.533. The van der Waals surface area contributed by atoms with E-state index >= 15 is 0 Å². The van der Waals surface area contributed by atoms with Crippen molar-refractivity contribution < 1.29 is 4.42 Å². The highest BCUT2D eigenvalue weighted by Crippen LogP contribution is 2.27. The Morgan fingerprint density at radius 3 is 2.75 bits per heavy atom. The number of fused-ring (bicyclic) bond motifs is 2. The minimum absolute atomic E-state index is 0.00935. The van der Waals surface area contributed by atoms with Gasteiger partial charge in [0.2, 0.25) is 0 Å². The van der Waals surface area contributed by atoms with Crippen LogP contribution in [0.3, 0.4) is 0 Å². The molecule has 1 aliphatic carbocycles. The highest BCUT2D eigenvalue weighted by molar-refractivity contribution is 5.83. The van der Waals surface area contributed by atoms with E-state index in [0.29, 0.717) is 11.3 Å². The van der Waals surface area contributed by atoms with Crippen molar-refractivity contribution in [1.82, 2.24) is 0 Å². The Morgan fingerprint density at radius 1 is 1.06 bits per heavy atom. The van der Waals surface area contributed by atoms with Gasteiger partial charge in [0.05, 0.1) is 5.56 Å². The molecule has 78 valence electrons. The van der Waals surface area contributed by atoms with Crippen molar-refractivity contribution in [3.8, 4) is 11.3 Å². The number of aryl methyl sites for hydroxylation is 1. The van der Waals surface area contributed by atoms with Crippen LogP contribution in [0.25, 0.3) is 22.3 Å². The summed E-state index contributed by atoms with van der Waals surface area (Å²) in [7, 11) is 0. The molecule has 0 saturated carbocycles. The summed E-state index contributed by atoms with van der Waals surface area (Å²) in [6, 6.07) is 13.0. The molecule has 0 fully saturated rings. The minimum Gasteiger partial charge on any atom is -0.456 e. The smallest absolute Gasteiger partial charge is 0.189 e. The van der Waals surface area contributed by atoms with Crippen LogP contribution in [0.5, 0.6) is 0 Å². The van der Waals surface area contributed by atoms with Gasteiger partial charge in [0.25, 0.3) is 0 Å². The molecule has 0 aromatic heterocycles. The molecule has 2 aliphatic rings. The summed E-state index contributed by atoms with van der Waals surface area (Å²) in [6.45, 7) is 1.94. The standard InChI is InChI=1S/C14H10O2/c1-9-6-7-12(15)11-8-10-4-2-3-5-13(10)16-14(9)11/h2-8H,1H3. The molecule has 0 bridgehead atoms. The first kappa shape index (κ1) is 9.16. The molecule has 0 unspecified atom stereocenters. The fourth-order valence-electron chi connectivity index (χ4n) is 1.92. The summed E-state index contributed by atoms with van der Waals surface area (Å²) in [4.78, 5) is 11.7. The summed E-state index contributed by atoms with van der Waals surface area (Å²) >= 11 is 0. The van der Waals surface area contributed by atoms with E-state index in [1.54, 1.807) is 12.1 Å². The van der Waals surface area contributed by atoms with Crippen LogP contribution in [0, 0.1) is 6.92 Å². The largest absolute Gasteiger partial charge is 0.456 e. The SMILES string of the molecule is Cc1ccc(=O)c2cc3ccccc3oc1-2. The summed E-state index contributed by atoms with van der Waals surface area (Å²) in [5.74, 6) is 0.686. The maximum Gasteiger partial charge on any atom is 0.189 e. The lowest BCUT2D eigenvalue weighted by Gasteiger charge is -2.08. The third kappa shape index (κ3) is 1.23. The molecular weight excluding hydrogens is 200 g/mol. The van der Waals surface area contributed by atoms with Gasteiger partial charge >= 0.3 is 0 Å². The predicted octanol–water partition coefficient (Wildman–Crippen LogP) is 3.21. The molecule has 2 nitrogen and oxygen atoms in total. The molecule has 0 atom stereocenters. The predicted molar refractivity (Wildman–Crippen MR) is 63.8 cm³/mol. The molecule has 1 heterocycles. The van der Waals surface area contributed by atoms with E-state index in [4.69, 9.17) is 4.42 Å². The zero-order valence-electron chi connectivity index (χ0n) is 8.86. The lowest BCUT2D eigenvalue weighted by molar-refractivity contribution is 0.614. The Labute approximate surface area is 92.5 Å². The van der Waals surface area contributed by atoms with E-state index < -0.39 is 0 Å². The summed E-state index contributed by atoms with van der Waals surface area (Å²) in [6.07, 6.45) is 0. The molecule has 1 aliphatic heterocycles. The average Bonchev–Trinajstić information content (AvgIpc) is 2.32. The first-order chi connectivity index (χ1) is 7.75. The van der Waals surface area contributed by atoms with Crippen molar-refractivity contribution in [3.63, 3.8) is 0 Å². The second kappa shape index (κ2) is 3.20. The molecule has 0 saturated heterocycles. The second-order valence-corrected chi connectivity index (χ2v) is 3.91.